The molecule has 0 amide bonds. The summed E-state index contributed by atoms with van der Waals surface area (Å²) in [6, 6.07) is 22.5. The molecule has 3 nitrogen and oxygen atoms in total. The van der Waals surface area contributed by atoms with Crippen LogP contribution in [0.5, 0.6) is 5.75 Å². The van der Waals surface area contributed by atoms with Gasteiger partial charge < -0.3 is 10.1 Å². The third-order valence-corrected chi connectivity index (χ3v) is 4.37. The first kappa shape index (κ1) is 14.5. The molecule has 118 valence electrons. The number of carbonyl (C=O) groups is 1. The fourth-order valence-electron chi connectivity index (χ4n) is 3.15. The summed E-state index contributed by atoms with van der Waals surface area (Å²) in [5.41, 5.74) is 2.78. The van der Waals surface area contributed by atoms with Crippen molar-refractivity contribution in [3.8, 4) is 5.75 Å². The Bertz CT molecular complexity index is 944. The largest absolute Gasteiger partial charge is 0.441 e. The molecule has 1 aliphatic rings. The first-order valence-corrected chi connectivity index (χ1v) is 7.95. The number of nitrogens with one attached hydrogen (secondary N) is 1. The van der Waals surface area contributed by atoms with Crippen molar-refractivity contribution >= 4 is 17.1 Å². The molecule has 0 radical (unpaired) electrons. The van der Waals surface area contributed by atoms with Crippen molar-refractivity contribution in [1.29, 1.82) is 0 Å². The van der Waals surface area contributed by atoms with Crippen molar-refractivity contribution in [2.75, 3.05) is 0 Å². The number of carbonyl (C=O) groups excluding carboxylic acids is 1. The molecule has 0 saturated heterocycles. The monoisotopic (exact) mass is 315 g/mol. The fraction of sp³-hybridized carbons (Fsp3) is 0.0952. The molecule has 0 bridgehead atoms. The van der Waals surface area contributed by atoms with E-state index < -0.39 is 0 Å². The van der Waals surface area contributed by atoms with Crippen molar-refractivity contribution in [3.05, 3.63) is 89.3 Å². The molecule has 1 atom stereocenters. The third-order valence-electron chi connectivity index (χ3n) is 4.37. The number of fused-ring (bicyclic) bond motifs is 3. The Labute approximate surface area is 140 Å². The molecule has 3 aromatic carbocycles. The van der Waals surface area contributed by atoms with Gasteiger partial charge in [0, 0.05) is 11.1 Å². The number of rotatable bonds is 2. The second-order valence-corrected chi connectivity index (χ2v) is 5.92. The molecule has 3 heteroatoms. The van der Waals surface area contributed by atoms with Gasteiger partial charge in [0.15, 0.2) is 12.2 Å². The smallest absolute Gasteiger partial charge is 0.200 e. The maximum Gasteiger partial charge on any atom is 0.200 e. The number of aldehydes is 1. The van der Waals surface area contributed by atoms with Crippen molar-refractivity contribution in [2.24, 2.45) is 0 Å². The zero-order valence-corrected chi connectivity index (χ0v) is 13.3. The van der Waals surface area contributed by atoms with Crippen LogP contribution in [0, 0.1) is 0 Å². The average molecular weight is 315 g/mol. The van der Waals surface area contributed by atoms with Gasteiger partial charge in [0.2, 0.25) is 0 Å². The van der Waals surface area contributed by atoms with Gasteiger partial charge in [0.25, 0.3) is 0 Å². The highest BCUT2D eigenvalue weighted by molar-refractivity contribution is 5.89. The molecule has 1 aliphatic heterocycles. The van der Waals surface area contributed by atoms with E-state index in [-0.39, 0.29) is 6.04 Å². The van der Waals surface area contributed by atoms with E-state index in [1.165, 1.54) is 5.39 Å². The van der Waals surface area contributed by atoms with Gasteiger partial charge in [0.1, 0.15) is 5.75 Å². The number of benzene rings is 3. The highest BCUT2D eigenvalue weighted by Gasteiger charge is 2.28. The molecule has 24 heavy (non-hydrogen) atoms. The van der Waals surface area contributed by atoms with Crippen LogP contribution in [0.1, 0.15) is 24.1 Å². The van der Waals surface area contributed by atoms with Crippen molar-refractivity contribution < 1.29 is 9.53 Å². The zero-order valence-electron chi connectivity index (χ0n) is 13.3. The minimum atomic E-state index is -0.0639. The maximum atomic E-state index is 11.2. The van der Waals surface area contributed by atoms with E-state index in [0.29, 0.717) is 11.5 Å². The van der Waals surface area contributed by atoms with E-state index in [1.54, 1.807) is 6.92 Å². The molecule has 3 aromatic rings. The van der Waals surface area contributed by atoms with Crippen molar-refractivity contribution in [2.45, 2.75) is 13.0 Å². The number of hydrogen-bond donors (Lipinski definition) is 1. The predicted molar refractivity (Wildman–Crippen MR) is 94.8 cm³/mol. The van der Waals surface area contributed by atoms with Gasteiger partial charge in [-0.3, -0.25) is 4.79 Å². The molecule has 4 rings (SSSR count). The topological polar surface area (TPSA) is 38.3 Å². The standard InChI is InChI=1S/C21H17NO2/c1-14(13-23)21-22-20(16-8-3-2-4-9-16)19-17-10-6-5-7-15(17)11-12-18(19)24-21/h2-13,20,22H,1H3/b21-14-. The summed E-state index contributed by atoms with van der Waals surface area (Å²) < 4.78 is 5.98. The van der Waals surface area contributed by atoms with Crippen LogP contribution in [0.2, 0.25) is 0 Å². The van der Waals surface area contributed by atoms with Gasteiger partial charge in [-0.25, -0.2) is 0 Å². The SMILES string of the molecule is C/C(C=O)=C1\NC(c2ccccc2)c2c(ccc3ccccc23)O1. The second kappa shape index (κ2) is 5.85. The van der Waals surface area contributed by atoms with Crippen molar-refractivity contribution in [1.82, 2.24) is 5.32 Å². The Morgan fingerprint density at radius 2 is 1.75 bits per heavy atom. The molecule has 1 unspecified atom stereocenters. The molecular weight excluding hydrogens is 298 g/mol. The van der Waals surface area contributed by atoms with E-state index in [0.717, 1.165) is 28.5 Å². The van der Waals surface area contributed by atoms with Gasteiger partial charge in [-0.15, -0.1) is 0 Å². The van der Waals surface area contributed by atoms with Crippen LogP contribution in [-0.2, 0) is 4.79 Å². The third kappa shape index (κ3) is 2.35. The van der Waals surface area contributed by atoms with Crippen LogP contribution >= 0.6 is 0 Å². The molecule has 1 heterocycles. The summed E-state index contributed by atoms with van der Waals surface area (Å²) in [6.07, 6.45) is 0.816. The summed E-state index contributed by atoms with van der Waals surface area (Å²) in [4.78, 5) is 11.2. The average Bonchev–Trinajstić information content (AvgIpc) is 2.67. The Morgan fingerprint density at radius 3 is 2.54 bits per heavy atom. The summed E-state index contributed by atoms with van der Waals surface area (Å²) in [5.74, 6) is 1.30. The molecule has 0 saturated carbocycles. The van der Waals surface area contributed by atoms with E-state index in [4.69, 9.17) is 4.74 Å². The van der Waals surface area contributed by atoms with Gasteiger partial charge in [-0.1, -0.05) is 60.7 Å². The van der Waals surface area contributed by atoms with Crippen LogP contribution in [0.25, 0.3) is 10.8 Å². The number of ether oxygens (including phenoxy) is 1. The zero-order chi connectivity index (χ0) is 16.5. The first-order chi connectivity index (χ1) is 11.8. The lowest BCUT2D eigenvalue weighted by Gasteiger charge is -2.31. The Morgan fingerprint density at radius 1 is 1.00 bits per heavy atom. The lowest BCUT2D eigenvalue weighted by atomic mass is 9.92. The van der Waals surface area contributed by atoms with Crippen LogP contribution in [-0.4, -0.2) is 6.29 Å². The minimum absolute atomic E-state index is 0.0639. The molecule has 0 spiro atoms. The first-order valence-electron chi connectivity index (χ1n) is 7.95. The van der Waals surface area contributed by atoms with Crippen LogP contribution in [0.3, 0.4) is 0 Å². The van der Waals surface area contributed by atoms with Gasteiger partial charge in [-0.2, -0.15) is 0 Å². The van der Waals surface area contributed by atoms with E-state index in [1.807, 2.05) is 36.4 Å². The highest BCUT2D eigenvalue weighted by Crippen LogP contribution is 2.40. The molecule has 0 aliphatic carbocycles. The molecule has 0 aromatic heterocycles. The number of hydrogen-bond acceptors (Lipinski definition) is 3. The van der Waals surface area contributed by atoms with Gasteiger partial charge in [-0.05, 0) is 29.3 Å². The normalized spacial score (nSPS) is 18.3. The van der Waals surface area contributed by atoms with Crippen LogP contribution < -0.4 is 10.1 Å². The fourth-order valence-corrected chi connectivity index (χ4v) is 3.15. The minimum Gasteiger partial charge on any atom is -0.441 e. The van der Waals surface area contributed by atoms with E-state index in [9.17, 15) is 4.79 Å². The lowest BCUT2D eigenvalue weighted by Crippen LogP contribution is -2.31. The highest BCUT2D eigenvalue weighted by atomic mass is 16.5. The van der Waals surface area contributed by atoms with E-state index in [2.05, 4.69) is 35.6 Å². The van der Waals surface area contributed by atoms with Gasteiger partial charge in [0.05, 0.1) is 6.04 Å². The molecular formula is C21H17NO2. The second-order valence-electron chi connectivity index (χ2n) is 5.92. The Balaban J connectivity index is 1.99. The Hall–Kier alpha value is -3.07. The Kier molecular flexibility index (Phi) is 3.54. The quantitative estimate of drug-likeness (QED) is 0.564. The van der Waals surface area contributed by atoms with E-state index >= 15 is 0 Å². The van der Waals surface area contributed by atoms with Crippen molar-refractivity contribution in [3.63, 3.8) is 0 Å². The number of allylic oxidation sites excluding steroid dienone is 1. The summed E-state index contributed by atoms with van der Waals surface area (Å²) in [7, 11) is 0. The summed E-state index contributed by atoms with van der Waals surface area (Å²) in [5, 5.41) is 5.72. The molecule has 0 fully saturated rings. The summed E-state index contributed by atoms with van der Waals surface area (Å²) >= 11 is 0. The molecule has 1 N–H and O–H groups in total. The maximum absolute atomic E-state index is 11.2. The summed E-state index contributed by atoms with van der Waals surface area (Å²) in [6.45, 7) is 1.75. The van der Waals surface area contributed by atoms with Gasteiger partial charge >= 0.3 is 0 Å². The van der Waals surface area contributed by atoms with Crippen LogP contribution in [0.15, 0.2) is 78.2 Å². The van der Waals surface area contributed by atoms with Crippen LogP contribution in [0.4, 0.5) is 0 Å². The predicted octanol–water partition coefficient (Wildman–Crippen LogP) is 4.34. The lowest BCUT2D eigenvalue weighted by molar-refractivity contribution is -0.105.